The van der Waals surface area contributed by atoms with Crippen molar-refractivity contribution >= 4 is 102 Å². The zero-order valence-corrected chi connectivity index (χ0v) is 70.1. The van der Waals surface area contributed by atoms with Gasteiger partial charge in [0.1, 0.15) is 58.1 Å². The lowest BCUT2D eigenvalue weighted by Gasteiger charge is -2.39. The number of rotatable bonds is 36. The topological polar surface area (TPSA) is 258 Å². The molecular formula is C100H96N4O18. The molecule has 0 bridgehead atoms. The second-order valence-corrected chi connectivity index (χ2v) is 31.4. The maximum atomic E-state index is 16.7. The number of ether oxygens (including phenoxy) is 8. The lowest BCUT2D eigenvalue weighted by Crippen LogP contribution is -2.56. The van der Waals surface area contributed by atoms with Gasteiger partial charge in [-0.3, -0.25) is 38.6 Å². The quantitative estimate of drug-likeness (QED) is 0.00882. The molecule has 624 valence electrons. The van der Waals surface area contributed by atoms with Gasteiger partial charge in [0.25, 0.3) is 23.6 Å². The van der Waals surface area contributed by atoms with Crippen molar-refractivity contribution in [1.82, 2.24) is 19.6 Å². The third-order valence-electron chi connectivity index (χ3n) is 21.6. The van der Waals surface area contributed by atoms with Crippen LogP contribution in [-0.2, 0) is 86.5 Å². The highest BCUT2D eigenvalue weighted by atomic mass is 16.5. The minimum atomic E-state index is -1.41. The summed E-state index contributed by atoms with van der Waals surface area (Å²) < 4.78 is 51.4. The van der Waals surface area contributed by atoms with E-state index in [2.05, 4.69) is 26.3 Å². The van der Waals surface area contributed by atoms with E-state index in [1.165, 1.54) is 24.3 Å². The van der Waals surface area contributed by atoms with Crippen molar-refractivity contribution in [2.75, 3.05) is 39.5 Å². The van der Waals surface area contributed by atoms with Gasteiger partial charge in [0, 0.05) is 117 Å². The molecule has 0 saturated carbocycles. The second kappa shape index (κ2) is 37.1. The minimum absolute atomic E-state index is 0.0222. The molecule has 2 heterocycles. The van der Waals surface area contributed by atoms with E-state index in [9.17, 15) is 19.2 Å². The third kappa shape index (κ3) is 18.1. The first kappa shape index (κ1) is 85.8. The maximum Gasteiger partial charge on any atom is 0.333 e. The first-order valence-electron chi connectivity index (χ1n) is 40.7. The Bertz CT molecular complexity index is 5350. The van der Waals surface area contributed by atoms with E-state index < -0.39 is 83.2 Å². The van der Waals surface area contributed by atoms with E-state index in [1.807, 2.05) is 74.5 Å². The molecular weight excluding hydrogens is 1550 g/mol. The Hall–Kier alpha value is -14.0. The first-order valence-corrected chi connectivity index (χ1v) is 40.7. The van der Waals surface area contributed by atoms with E-state index in [-0.39, 0.29) is 186 Å². The number of carbonyl (C=O) groups is 10. The minimum Gasteiger partial charge on any atom is -0.462 e. The lowest BCUT2D eigenvalue weighted by atomic mass is 9.80. The van der Waals surface area contributed by atoms with Gasteiger partial charge >= 0.3 is 23.9 Å². The Morgan fingerprint density at radius 1 is 0.320 bits per heavy atom. The summed E-state index contributed by atoms with van der Waals surface area (Å²) in [4.78, 5) is 154. The third-order valence-corrected chi connectivity index (χ3v) is 21.6. The molecule has 22 heteroatoms. The molecule has 2 atom stereocenters. The van der Waals surface area contributed by atoms with Crippen LogP contribution in [-0.4, -0.2) is 131 Å². The van der Waals surface area contributed by atoms with Gasteiger partial charge in [-0.15, -0.1) is 0 Å². The van der Waals surface area contributed by atoms with Crippen molar-refractivity contribution in [3.63, 3.8) is 0 Å². The van der Waals surface area contributed by atoms with Crippen LogP contribution < -0.4 is 18.9 Å². The Kier molecular flexibility index (Phi) is 26.1. The summed E-state index contributed by atoms with van der Waals surface area (Å²) in [6.07, 6.45) is 1.18. The first-order chi connectivity index (χ1) is 58.5. The summed E-state index contributed by atoms with van der Waals surface area (Å²) in [5, 5.41) is 1.14. The van der Waals surface area contributed by atoms with Crippen molar-refractivity contribution in [3.05, 3.63) is 286 Å². The highest BCUT2D eigenvalue weighted by Gasteiger charge is 2.48. The highest BCUT2D eigenvalue weighted by Crippen LogP contribution is 2.58. The second-order valence-electron chi connectivity index (χ2n) is 31.4. The van der Waals surface area contributed by atoms with Gasteiger partial charge in [-0.05, 0) is 160 Å². The summed E-state index contributed by atoms with van der Waals surface area (Å²) in [6, 6.07) is 49.9. The number of nitrogens with zero attached hydrogens (tertiary/aromatic N) is 4. The van der Waals surface area contributed by atoms with Crippen LogP contribution in [0.25, 0.3) is 43.1 Å². The van der Waals surface area contributed by atoms with Crippen LogP contribution in [0.2, 0.25) is 0 Å². The van der Waals surface area contributed by atoms with Gasteiger partial charge in [0.05, 0.1) is 48.7 Å². The number of imide groups is 2. The molecule has 0 radical (unpaired) electrons. The summed E-state index contributed by atoms with van der Waals surface area (Å²) in [5.74, 6) is -7.29. The van der Waals surface area contributed by atoms with Crippen LogP contribution in [0.15, 0.2) is 231 Å². The lowest BCUT2D eigenvalue weighted by molar-refractivity contribution is -0.139. The van der Waals surface area contributed by atoms with Gasteiger partial charge in [-0.2, -0.15) is 0 Å². The van der Waals surface area contributed by atoms with Crippen molar-refractivity contribution in [1.29, 1.82) is 0 Å². The summed E-state index contributed by atoms with van der Waals surface area (Å²) in [6.45, 7) is 32.6. The van der Waals surface area contributed by atoms with Gasteiger partial charge in [0.15, 0.2) is 0 Å². The molecule has 13 rings (SSSR count). The SMILES string of the molecule is C=C(C)C(=O)OCCc1ccc(Oc2cc3c4c(cc(Oc5ccc(CCOC(=O)C(=C)C)cc5)c5c6c(Oc7ccc(CCOC(=O)C(=C)C)cc7)cc7c8c(cc(Oc9ccc(CCOC(=O)C(=C)C)cc9)c(c2c45)c86)C(=O)N(C(C(=O)N(CC)Cc2ccccc2)C(C)C)C7=O)C(=O)N(C(C(=O)N(CC)Cc2ccccc2)C(C)C)C3=O)cc1. The monoisotopic (exact) mass is 1640 g/mol. The van der Waals surface area contributed by atoms with E-state index in [0.29, 0.717) is 25.7 Å². The number of hydrogen-bond donors (Lipinski definition) is 0. The van der Waals surface area contributed by atoms with Crippen LogP contribution >= 0.6 is 0 Å². The largest absolute Gasteiger partial charge is 0.462 e. The van der Waals surface area contributed by atoms with Crippen LogP contribution in [0.4, 0.5) is 0 Å². The molecule has 0 aliphatic carbocycles. The molecule has 11 aromatic rings. The normalized spacial score (nSPS) is 12.9. The Balaban J connectivity index is 1.15. The van der Waals surface area contributed by atoms with Gasteiger partial charge < -0.3 is 47.7 Å². The molecule has 122 heavy (non-hydrogen) atoms. The average molecular weight is 1640 g/mol. The maximum absolute atomic E-state index is 16.7. The standard InChI is InChI=1S/C100H96N4O18/c1-15-101(55-67-23-19-17-20-24-67)95(109)89(57(3)4)103-91(105)73-51-77(119-69-35-27-63(28-36-69)43-47-115-97(111)59(7)8)83-85-79(121-71-39-31-65(32-40-71)45-49-117-99(113)61(11)12)53-75-82-76(94(108)104(93(75)107)90(58(5)6)96(110)102(16-2)56-68-25-21-18-22-26-68)54-80(122-72-41-33-66(34-42-72)46-50-118-100(114)62(13)14)86(88(82)85)84-78(52-74(92(103)106)81(73)87(83)84)120-70-37-29-64(30-38-70)44-48-116-98(112)60(9)10/h17-42,51-54,57-58,89-90H,7,9,11,13,15-16,43-50,55-56H2,1-6,8,10,12,14H3. The zero-order chi connectivity index (χ0) is 87.1. The van der Waals surface area contributed by atoms with E-state index in [1.54, 1.807) is 162 Å². The van der Waals surface area contributed by atoms with Crippen LogP contribution in [0.3, 0.4) is 0 Å². The Morgan fingerprint density at radius 2 is 0.549 bits per heavy atom. The van der Waals surface area contributed by atoms with E-state index in [0.717, 1.165) is 43.2 Å². The molecule has 0 spiro atoms. The van der Waals surface area contributed by atoms with Gasteiger partial charge in [-0.1, -0.05) is 163 Å². The smallest absolute Gasteiger partial charge is 0.333 e. The Morgan fingerprint density at radius 3 is 0.754 bits per heavy atom. The molecule has 0 saturated heterocycles. The summed E-state index contributed by atoms with van der Waals surface area (Å²) in [7, 11) is 0. The molecule has 0 aromatic heterocycles. The summed E-state index contributed by atoms with van der Waals surface area (Å²) >= 11 is 0. The molecule has 0 N–H and O–H groups in total. The van der Waals surface area contributed by atoms with Crippen molar-refractivity contribution in [2.45, 2.75) is 120 Å². The zero-order valence-electron chi connectivity index (χ0n) is 70.1. The van der Waals surface area contributed by atoms with E-state index in [4.69, 9.17) is 37.9 Å². The number of carbonyl (C=O) groups excluding carboxylic acids is 10. The number of esters is 4. The van der Waals surface area contributed by atoms with Gasteiger partial charge in [-0.25, -0.2) is 19.2 Å². The molecule has 6 amide bonds. The highest BCUT2D eigenvalue weighted by molar-refractivity contribution is 6.45. The van der Waals surface area contributed by atoms with Crippen molar-refractivity contribution in [3.8, 4) is 46.0 Å². The number of likely N-dealkylation sites (N-methyl/N-ethyl adjacent to an activating group) is 2. The van der Waals surface area contributed by atoms with Crippen molar-refractivity contribution in [2.24, 2.45) is 11.8 Å². The fourth-order valence-electron chi connectivity index (χ4n) is 15.4. The summed E-state index contributed by atoms with van der Waals surface area (Å²) in [5.41, 5.74) is 5.22. The molecule has 0 fully saturated rings. The number of amides is 6. The number of hydrogen-bond acceptors (Lipinski definition) is 18. The molecule has 2 aliphatic heterocycles. The molecule has 2 unspecified atom stereocenters. The van der Waals surface area contributed by atoms with Crippen LogP contribution in [0.1, 0.15) is 144 Å². The van der Waals surface area contributed by atoms with Gasteiger partial charge in [0.2, 0.25) is 11.8 Å². The van der Waals surface area contributed by atoms with E-state index >= 15 is 28.8 Å². The van der Waals surface area contributed by atoms with Crippen molar-refractivity contribution < 1.29 is 85.8 Å². The fraction of sp³-hybridized carbons (Fsp3) is 0.260. The molecule has 22 nitrogen and oxygen atoms in total. The molecule has 2 aliphatic rings. The Labute approximate surface area is 707 Å². The number of benzene rings is 11. The predicted octanol–water partition coefficient (Wildman–Crippen LogP) is 18.9. The van der Waals surface area contributed by atoms with Crippen LogP contribution in [0, 0.1) is 11.8 Å². The fourth-order valence-corrected chi connectivity index (χ4v) is 15.4. The molecule has 11 aromatic carbocycles. The average Bonchev–Trinajstić information content (AvgIpc) is 0.669. The number of fused-ring (bicyclic) bond motifs is 2. The van der Waals surface area contributed by atoms with Crippen LogP contribution in [0.5, 0.6) is 46.0 Å². The predicted molar refractivity (Wildman–Crippen MR) is 465 cm³/mol.